The molecular formula is C11H8F2N2O2. The van der Waals surface area contributed by atoms with E-state index in [2.05, 4.69) is 9.97 Å². The van der Waals surface area contributed by atoms with Gasteiger partial charge in [0.25, 0.3) is 5.56 Å². The quantitative estimate of drug-likeness (QED) is 0.825. The van der Waals surface area contributed by atoms with Gasteiger partial charge in [-0.25, -0.2) is 13.8 Å². The zero-order valence-corrected chi connectivity index (χ0v) is 8.61. The number of aromatic amines is 1. The summed E-state index contributed by atoms with van der Waals surface area (Å²) in [6.45, 7) is 0. The highest BCUT2D eigenvalue weighted by atomic mass is 19.3. The average molecular weight is 238 g/mol. The molecule has 1 heterocycles. The number of fused-ring (bicyclic) bond motifs is 1. The van der Waals surface area contributed by atoms with Gasteiger partial charge in [0.1, 0.15) is 12.0 Å². The minimum atomic E-state index is -2.62. The molecule has 0 unspecified atom stereocenters. The highest BCUT2D eigenvalue weighted by molar-refractivity contribution is 5.84. The molecule has 0 aliphatic carbocycles. The zero-order chi connectivity index (χ0) is 12.4. The SMILES string of the molecule is O=Cc1ccc2nc(CC(F)F)c(=O)[nH]c2c1. The molecule has 0 fully saturated rings. The number of rotatable bonds is 3. The highest BCUT2D eigenvalue weighted by Gasteiger charge is 2.11. The summed E-state index contributed by atoms with van der Waals surface area (Å²) < 4.78 is 24.4. The van der Waals surface area contributed by atoms with Crippen LogP contribution in [-0.4, -0.2) is 22.7 Å². The number of carbonyl (C=O) groups excluding carboxylic acids is 1. The number of carbonyl (C=O) groups is 1. The number of hydrogen-bond donors (Lipinski definition) is 1. The van der Waals surface area contributed by atoms with E-state index in [0.29, 0.717) is 22.9 Å². The minimum Gasteiger partial charge on any atom is -0.319 e. The third-order valence-corrected chi connectivity index (χ3v) is 2.27. The Hall–Kier alpha value is -2.11. The lowest BCUT2D eigenvalue weighted by molar-refractivity contribution is 0.112. The average Bonchev–Trinajstić information content (AvgIpc) is 2.29. The Morgan fingerprint density at radius 2 is 2.18 bits per heavy atom. The molecular weight excluding hydrogens is 230 g/mol. The predicted octanol–water partition coefficient (Wildman–Crippen LogP) is 1.54. The first kappa shape index (κ1) is 11.4. The number of alkyl halides is 2. The van der Waals surface area contributed by atoms with Gasteiger partial charge < -0.3 is 4.98 Å². The summed E-state index contributed by atoms with van der Waals surface area (Å²) in [5.74, 6) is 0. The van der Waals surface area contributed by atoms with Gasteiger partial charge in [-0.2, -0.15) is 0 Å². The number of nitrogens with one attached hydrogen (secondary N) is 1. The van der Waals surface area contributed by atoms with E-state index >= 15 is 0 Å². The van der Waals surface area contributed by atoms with Gasteiger partial charge >= 0.3 is 0 Å². The van der Waals surface area contributed by atoms with Gasteiger partial charge in [-0.15, -0.1) is 0 Å². The Kier molecular flexibility index (Phi) is 2.95. The van der Waals surface area contributed by atoms with Crippen molar-refractivity contribution in [2.75, 3.05) is 0 Å². The minimum absolute atomic E-state index is 0.202. The number of aldehydes is 1. The van der Waals surface area contributed by atoms with Crippen LogP contribution in [0, 0.1) is 0 Å². The highest BCUT2D eigenvalue weighted by Crippen LogP contribution is 2.10. The van der Waals surface area contributed by atoms with Crippen molar-refractivity contribution in [1.82, 2.24) is 9.97 Å². The van der Waals surface area contributed by atoms with Crippen LogP contribution in [0.25, 0.3) is 11.0 Å². The molecule has 0 atom stereocenters. The fourth-order valence-electron chi connectivity index (χ4n) is 1.50. The van der Waals surface area contributed by atoms with Gasteiger partial charge in [-0.05, 0) is 18.2 Å². The van der Waals surface area contributed by atoms with E-state index in [1.165, 1.54) is 18.2 Å². The van der Waals surface area contributed by atoms with E-state index < -0.39 is 18.4 Å². The molecule has 0 amide bonds. The predicted molar refractivity (Wildman–Crippen MR) is 57.5 cm³/mol. The van der Waals surface area contributed by atoms with Crippen molar-refractivity contribution >= 4 is 17.3 Å². The molecule has 0 aliphatic heterocycles. The molecule has 1 N–H and O–H groups in total. The zero-order valence-electron chi connectivity index (χ0n) is 8.61. The number of halogens is 2. The third kappa shape index (κ3) is 2.35. The van der Waals surface area contributed by atoms with Crippen molar-refractivity contribution in [2.24, 2.45) is 0 Å². The number of aromatic nitrogens is 2. The molecule has 4 nitrogen and oxygen atoms in total. The molecule has 2 rings (SSSR count). The standard InChI is InChI=1S/C11H8F2N2O2/c12-10(13)4-9-11(17)15-8-3-6(5-16)1-2-7(8)14-9/h1-3,5,10H,4H2,(H,15,17). The second-order valence-corrected chi connectivity index (χ2v) is 3.50. The molecule has 0 bridgehead atoms. The summed E-state index contributed by atoms with van der Waals surface area (Å²) in [7, 11) is 0. The van der Waals surface area contributed by atoms with Crippen LogP contribution in [0.2, 0.25) is 0 Å². The van der Waals surface area contributed by atoms with Gasteiger partial charge in [-0.3, -0.25) is 9.59 Å². The number of nitrogens with zero attached hydrogens (tertiary/aromatic N) is 1. The van der Waals surface area contributed by atoms with Gasteiger partial charge in [-0.1, -0.05) is 0 Å². The fraction of sp³-hybridized carbons (Fsp3) is 0.182. The van der Waals surface area contributed by atoms with Crippen molar-refractivity contribution in [3.8, 4) is 0 Å². The lowest BCUT2D eigenvalue weighted by atomic mass is 10.2. The van der Waals surface area contributed by atoms with E-state index in [9.17, 15) is 18.4 Å². The first-order valence-electron chi connectivity index (χ1n) is 4.86. The molecule has 2 aromatic rings. The van der Waals surface area contributed by atoms with E-state index in [-0.39, 0.29) is 5.69 Å². The third-order valence-electron chi connectivity index (χ3n) is 2.27. The number of H-pyrrole nitrogens is 1. The Bertz CT molecular complexity index is 622. The van der Waals surface area contributed by atoms with Crippen LogP contribution in [0.4, 0.5) is 8.78 Å². The first-order valence-corrected chi connectivity index (χ1v) is 4.86. The normalized spacial score (nSPS) is 11.0. The molecule has 0 aliphatic rings. The summed E-state index contributed by atoms with van der Waals surface area (Å²) in [4.78, 5) is 28.2. The fourth-order valence-corrected chi connectivity index (χ4v) is 1.50. The van der Waals surface area contributed by atoms with Crippen LogP contribution >= 0.6 is 0 Å². The summed E-state index contributed by atoms with van der Waals surface area (Å²) >= 11 is 0. The van der Waals surface area contributed by atoms with Crippen LogP contribution in [-0.2, 0) is 6.42 Å². The largest absolute Gasteiger partial charge is 0.319 e. The molecule has 0 saturated heterocycles. The monoisotopic (exact) mass is 238 g/mol. The first-order chi connectivity index (χ1) is 8.10. The van der Waals surface area contributed by atoms with Gasteiger partial charge in [0.2, 0.25) is 6.43 Å². The van der Waals surface area contributed by atoms with Crippen LogP contribution in [0.3, 0.4) is 0 Å². The van der Waals surface area contributed by atoms with E-state index in [1.54, 1.807) is 0 Å². The van der Waals surface area contributed by atoms with E-state index in [0.717, 1.165) is 0 Å². The van der Waals surface area contributed by atoms with Crippen molar-refractivity contribution in [2.45, 2.75) is 12.8 Å². The lowest BCUT2D eigenvalue weighted by Crippen LogP contribution is -2.17. The Morgan fingerprint density at radius 1 is 1.41 bits per heavy atom. The van der Waals surface area contributed by atoms with Crippen molar-refractivity contribution in [3.05, 3.63) is 39.8 Å². The van der Waals surface area contributed by atoms with Crippen molar-refractivity contribution in [3.63, 3.8) is 0 Å². The molecule has 0 saturated carbocycles. The number of benzene rings is 1. The summed E-state index contributed by atoms with van der Waals surface area (Å²) in [6, 6.07) is 4.46. The van der Waals surface area contributed by atoms with Gasteiger partial charge in [0.15, 0.2) is 0 Å². The smallest absolute Gasteiger partial charge is 0.270 e. The van der Waals surface area contributed by atoms with Gasteiger partial charge in [0.05, 0.1) is 17.5 Å². The van der Waals surface area contributed by atoms with Crippen LogP contribution in [0.5, 0.6) is 0 Å². The summed E-state index contributed by atoms with van der Waals surface area (Å²) in [6.07, 6.45) is -2.67. The molecule has 1 aromatic carbocycles. The molecule has 0 radical (unpaired) electrons. The second kappa shape index (κ2) is 4.40. The maximum absolute atomic E-state index is 12.2. The maximum Gasteiger partial charge on any atom is 0.270 e. The topological polar surface area (TPSA) is 62.8 Å². The Balaban J connectivity index is 2.58. The van der Waals surface area contributed by atoms with E-state index in [4.69, 9.17) is 0 Å². The Labute approximate surface area is 94.3 Å². The lowest BCUT2D eigenvalue weighted by Gasteiger charge is -2.02. The molecule has 0 spiro atoms. The summed E-state index contributed by atoms with van der Waals surface area (Å²) in [5.41, 5.74) is 0.271. The molecule has 1 aromatic heterocycles. The van der Waals surface area contributed by atoms with Crippen molar-refractivity contribution in [1.29, 1.82) is 0 Å². The van der Waals surface area contributed by atoms with Crippen molar-refractivity contribution < 1.29 is 13.6 Å². The van der Waals surface area contributed by atoms with E-state index in [1.807, 2.05) is 0 Å². The van der Waals surface area contributed by atoms with Crippen LogP contribution in [0.15, 0.2) is 23.0 Å². The second-order valence-electron chi connectivity index (χ2n) is 3.50. The molecule has 17 heavy (non-hydrogen) atoms. The molecule has 6 heteroatoms. The number of hydrogen-bond acceptors (Lipinski definition) is 3. The Morgan fingerprint density at radius 3 is 2.82 bits per heavy atom. The maximum atomic E-state index is 12.2. The van der Waals surface area contributed by atoms with Gasteiger partial charge in [0, 0.05) is 5.56 Å². The molecule has 88 valence electrons. The summed E-state index contributed by atoms with van der Waals surface area (Å²) in [5, 5.41) is 0. The van der Waals surface area contributed by atoms with Crippen LogP contribution in [0.1, 0.15) is 16.1 Å². The van der Waals surface area contributed by atoms with Crippen LogP contribution < -0.4 is 5.56 Å².